The van der Waals surface area contributed by atoms with Crippen molar-refractivity contribution in [3.63, 3.8) is 0 Å². The summed E-state index contributed by atoms with van der Waals surface area (Å²) in [6.07, 6.45) is 1.27. The molecule has 8 heteroatoms. The van der Waals surface area contributed by atoms with Crippen molar-refractivity contribution in [1.29, 1.82) is 0 Å². The van der Waals surface area contributed by atoms with Gasteiger partial charge in [0.15, 0.2) is 0 Å². The Morgan fingerprint density at radius 1 is 1.33 bits per heavy atom. The number of sulfonamides is 1. The van der Waals surface area contributed by atoms with E-state index in [1.54, 1.807) is 6.92 Å². The second-order valence-corrected chi connectivity index (χ2v) is 5.98. The van der Waals surface area contributed by atoms with Crippen molar-refractivity contribution in [1.82, 2.24) is 4.98 Å². The minimum atomic E-state index is -4.09. The fraction of sp³-hybridized carbons (Fsp3) is 0.154. The van der Waals surface area contributed by atoms with Crippen LogP contribution in [0.3, 0.4) is 0 Å². The first-order valence-corrected chi connectivity index (χ1v) is 7.40. The van der Waals surface area contributed by atoms with Gasteiger partial charge in [-0.25, -0.2) is 17.8 Å². The number of aryl methyl sites for hydroxylation is 1. The molecule has 1 aromatic heterocycles. The summed E-state index contributed by atoms with van der Waals surface area (Å²) in [5, 5.41) is 0. The number of benzene rings is 1. The number of nitrogen functional groups attached to an aromatic ring is 1. The van der Waals surface area contributed by atoms with Crippen LogP contribution >= 0.6 is 0 Å². The van der Waals surface area contributed by atoms with E-state index in [2.05, 4.69) is 9.71 Å². The van der Waals surface area contributed by atoms with E-state index in [1.807, 2.05) is 0 Å². The average molecular weight is 311 g/mol. The SMILES string of the molecule is COc1ccc(NS(=O)(=O)c2cc(N)c(C)cc2F)cn1. The first-order valence-electron chi connectivity index (χ1n) is 5.92. The van der Waals surface area contributed by atoms with Gasteiger partial charge in [-0.15, -0.1) is 0 Å². The number of nitrogens with zero attached hydrogens (tertiary/aromatic N) is 1. The Bertz CT molecular complexity index is 761. The predicted molar refractivity (Wildman–Crippen MR) is 77.1 cm³/mol. The molecule has 0 aliphatic heterocycles. The van der Waals surface area contributed by atoms with Crippen LogP contribution in [0.4, 0.5) is 15.8 Å². The number of nitrogens with one attached hydrogen (secondary N) is 1. The topological polar surface area (TPSA) is 94.3 Å². The van der Waals surface area contributed by atoms with Gasteiger partial charge in [0.2, 0.25) is 5.88 Å². The Morgan fingerprint density at radius 3 is 2.62 bits per heavy atom. The van der Waals surface area contributed by atoms with E-state index in [0.717, 1.165) is 12.1 Å². The van der Waals surface area contributed by atoms with Gasteiger partial charge >= 0.3 is 0 Å². The first-order chi connectivity index (χ1) is 9.83. The van der Waals surface area contributed by atoms with Crippen LogP contribution < -0.4 is 15.2 Å². The lowest BCUT2D eigenvalue weighted by atomic mass is 10.2. The lowest BCUT2D eigenvalue weighted by molar-refractivity contribution is 0.398. The molecule has 0 fully saturated rings. The molecule has 21 heavy (non-hydrogen) atoms. The molecule has 1 aromatic carbocycles. The maximum absolute atomic E-state index is 13.8. The van der Waals surface area contributed by atoms with Gasteiger partial charge in [-0.3, -0.25) is 4.72 Å². The molecule has 112 valence electrons. The quantitative estimate of drug-likeness (QED) is 0.841. The van der Waals surface area contributed by atoms with Crippen molar-refractivity contribution < 1.29 is 17.5 Å². The molecule has 0 saturated heterocycles. The van der Waals surface area contributed by atoms with E-state index >= 15 is 0 Å². The van der Waals surface area contributed by atoms with Gasteiger partial charge in [-0.05, 0) is 30.7 Å². The van der Waals surface area contributed by atoms with Crippen LogP contribution in [0.5, 0.6) is 5.88 Å². The van der Waals surface area contributed by atoms with Crippen molar-refractivity contribution in [3.8, 4) is 5.88 Å². The van der Waals surface area contributed by atoms with Gasteiger partial charge in [-0.1, -0.05) is 0 Å². The molecule has 0 saturated carbocycles. The third kappa shape index (κ3) is 3.22. The van der Waals surface area contributed by atoms with Crippen LogP contribution in [0.25, 0.3) is 0 Å². The summed E-state index contributed by atoms with van der Waals surface area (Å²) in [5.41, 5.74) is 6.49. The Morgan fingerprint density at radius 2 is 2.05 bits per heavy atom. The Hall–Kier alpha value is -2.35. The summed E-state index contributed by atoms with van der Waals surface area (Å²) in [7, 11) is -2.65. The fourth-order valence-electron chi connectivity index (χ4n) is 1.65. The summed E-state index contributed by atoms with van der Waals surface area (Å²) in [5.74, 6) is -0.528. The third-order valence-electron chi connectivity index (χ3n) is 2.81. The molecule has 0 spiro atoms. The number of pyridine rings is 1. The summed E-state index contributed by atoms with van der Waals surface area (Å²) in [6, 6.07) is 5.11. The van der Waals surface area contributed by atoms with Crippen molar-refractivity contribution in [3.05, 3.63) is 41.8 Å². The summed E-state index contributed by atoms with van der Waals surface area (Å²) in [6.45, 7) is 1.59. The molecule has 0 atom stereocenters. The van der Waals surface area contributed by atoms with Crippen LogP contribution in [0.15, 0.2) is 35.4 Å². The molecule has 2 rings (SSSR count). The molecule has 1 heterocycles. The van der Waals surface area contributed by atoms with E-state index in [-0.39, 0.29) is 11.4 Å². The first kappa shape index (κ1) is 15.0. The standard InChI is InChI=1S/C13H14FN3O3S/c1-8-5-10(14)12(6-11(8)15)21(18,19)17-9-3-4-13(20-2)16-7-9/h3-7,17H,15H2,1-2H3. The highest BCUT2D eigenvalue weighted by Crippen LogP contribution is 2.23. The van der Waals surface area contributed by atoms with E-state index in [4.69, 9.17) is 10.5 Å². The van der Waals surface area contributed by atoms with Crippen LogP contribution in [-0.4, -0.2) is 20.5 Å². The molecule has 0 radical (unpaired) electrons. The van der Waals surface area contributed by atoms with E-state index in [0.29, 0.717) is 11.4 Å². The molecule has 6 nitrogen and oxygen atoms in total. The monoisotopic (exact) mass is 311 g/mol. The zero-order valence-electron chi connectivity index (χ0n) is 11.4. The van der Waals surface area contributed by atoms with Gasteiger partial charge in [0.1, 0.15) is 10.7 Å². The molecule has 2 aromatic rings. The number of halogens is 1. The average Bonchev–Trinajstić information content (AvgIpc) is 2.43. The number of rotatable bonds is 4. The van der Waals surface area contributed by atoms with Gasteiger partial charge in [-0.2, -0.15) is 0 Å². The molecule has 0 unspecified atom stereocenters. The van der Waals surface area contributed by atoms with Crippen LogP contribution in [-0.2, 0) is 10.0 Å². The summed E-state index contributed by atoms with van der Waals surface area (Å²) >= 11 is 0. The van der Waals surface area contributed by atoms with E-state index in [1.165, 1.54) is 25.4 Å². The van der Waals surface area contributed by atoms with E-state index in [9.17, 15) is 12.8 Å². The molecule has 3 N–H and O–H groups in total. The zero-order valence-corrected chi connectivity index (χ0v) is 12.2. The zero-order chi connectivity index (χ0) is 15.6. The summed E-state index contributed by atoms with van der Waals surface area (Å²) in [4.78, 5) is 3.35. The smallest absolute Gasteiger partial charge is 0.264 e. The predicted octanol–water partition coefficient (Wildman–Crippen LogP) is 1.92. The lowest BCUT2D eigenvalue weighted by Crippen LogP contribution is -2.15. The number of aromatic nitrogens is 1. The molecule has 0 aliphatic carbocycles. The Balaban J connectivity index is 2.35. The number of hydrogen-bond acceptors (Lipinski definition) is 5. The van der Waals surface area contributed by atoms with Crippen molar-refractivity contribution in [2.45, 2.75) is 11.8 Å². The fourth-order valence-corrected chi connectivity index (χ4v) is 2.78. The van der Waals surface area contributed by atoms with Crippen molar-refractivity contribution in [2.75, 3.05) is 17.6 Å². The second-order valence-electron chi connectivity index (χ2n) is 4.33. The highest BCUT2D eigenvalue weighted by Gasteiger charge is 2.20. The maximum atomic E-state index is 13.8. The Kier molecular flexibility index (Phi) is 3.99. The van der Waals surface area contributed by atoms with E-state index < -0.39 is 20.7 Å². The van der Waals surface area contributed by atoms with Crippen molar-refractivity contribution in [2.24, 2.45) is 0 Å². The lowest BCUT2D eigenvalue weighted by Gasteiger charge is -2.10. The van der Waals surface area contributed by atoms with Gasteiger partial charge < -0.3 is 10.5 Å². The summed E-state index contributed by atoms with van der Waals surface area (Å²) < 4.78 is 45.3. The van der Waals surface area contributed by atoms with Crippen molar-refractivity contribution >= 4 is 21.4 Å². The highest BCUT2D eigenvalue weighted by atomic mass is 32.2. The Labute approximate surface area is 121 Å². The van der Waals surface area contributed by atoms with Crippen LogP contribution in [0.2, 0.25) is 0 Å². The van der Waals surface area contributed by atoms with Gasteiger partial charge in [0.25, 0.3) is 10.0 Å². The molecular weight excluding hydrogens is 297 g/mol. The normalized spacial score (nSPS) is 11.2. The van der Waals surface area contributed by atoms with Crippen LogP contribution in [0, 0.1) is 12.7 Å². The minimum Gasteiger partial charge on any atom is -0.481 e. The minimum absolute atomic E-state index is 0.189. The third-order valence-corrected chi connectivity index (χ3v) is 4.20. The van der Waals surface area contributed by atoms with Gasteiger partial charge in [0, 0.05) is 11.8 Å². The largest absolute Gasteiger partial charge is 0.481 e. The molecular formula is C13H14FN3O3S. The molecule has 0 bridgehead atoms. The highest BCUT2D eigenvalue weighted by molar-refractivity contribution is 7.92. The van der Waals surface area contributed by atoms with Gasteiger partial charge in [0.05, 0.1) is 19.0 Å². The maximum Gasteiger partial charge on any atom is 0.264 e. The number of methoxy groups -OCH3 is 1. The molecule has 0 amide bonds. The number of ether oxygens (including phenoxy) is 1. The second kappa shape index (κ2) is 5.57. The van der Waals surface area contributed by atoms with Crippen LogP contribution in [0.1, 0.15) is 5.56 Å². The number of anilines is 2. The molecule has 0 aliphatic rings. The number of nitrogens with two attached hydrogens (primary N) is 1. The number of hydrogen-bond donors (Lipinski definition) is 2.